The van der Waals surface area contributed by atoms with Crippen molar-refractivity contribution >= 4 is 33.7 Å². The van der Waals surface area contributed by atoms with Gasteiger partial charge < -0.3 is 4.74 Å². The molecule has 1 amide bonds. The van der Waals surface area contributed by atoms with E-state index in [0.717, 1.165) is 22.4 Å². The first-order chi connectivity index (χ1) is 15.1. The maximum atomic E-state index is 13.0. The standard InChI is InChI=1S/C23H28ClN3O4S/c1-15(2)20-13-17(16(3)12-22(20)31-4)14-25-26-23(28)21-6-5-11-27(21)32(29,30)19-9-7-18(24)8-10-19/h7-10,12-15,21H,5-6,11H2,1-4H3,(H,26,28)/b25-14-/t21-/m1/s1. The Bertz CT molecular complexity index is 1110. The van der Waals surface area contributed by atoms with E-state index in [1.165, 1.54) is 28.6 Å². The number of benzene rings is 2. The number of hydrogen-bond acceptors (Lipinski definition) is 5. The number of methoxy groups -OCH3 is 1. The average molecular weight is 478 g/mol. The average Bonchev–Trinajstić information content (AvgIpc) is 3.25. The Hall–Kier alpha value is -2.42. The molecular weight excluding hydrogens is 450 g/mol. The van der Waals surface area contributed by atoms with E-state index in [1.807, 2.05) is 19.1 Å². The number of hydrogen-bond donors (Lipinski definition) is 1. The van der Waals surface area contributed by atoms with Crippen molar-refractivity contribution in [2.75, 3.05) is 13.7 Å². The van der Waals surface area contributed by atoms with Crippen molar-refractivity contribution in [1.29, 1.82) is 0 Å². The summed E-state index contributed by atoms with van der Waals surface area (Å²) in [5, 5.41) is 4.55. The number of nitrogens with zero attached hydrogens (tertiary/aromatic N) is 2. The van der Waals surface area contributed by atoms with E-state index in [1.54, 1.807) is 13.3 Å². The summed E-state index contributed by atoms with van der Waals surface area (Å²) in [6.45, 7) is 6.37. The van der Waals surface area contributed by atoms with Crippen LogP contribution in [-0.2, 0) is 14.8 Å². The van der Waals surface area contributed by atoms with Gasteiger partial charge in [0.05, 0.1) is 18.2 Å². The van der Waals surface area contributed by atoms with Crippen molar-refractivity contribution in [1.82, 2.24) is 9.73 Å². The molecule has 0 bridgehead atoms. The monoisotopic (exact) mass is 477 g/mol. The number of sulfonamides is 1. The van der Waals surface area contributed by atoms with Crippen LogP contribution in [0.1, 0.15) is 49.3 Å². The normalized spacial score (nSPS) is 17.2. The molecule has 3 rings (SSSR count). The Labute approximate surface area is 194 Å². The molecule has 0 aliphatic carbocycles. The minimum Gasteiger partial charge on any atom is -0.496 e. The Kier molecular flexibility index (Phi) is 7.59. The summed E-state index contributed by atoms with van der Waals surface area (Å²) in [5.74, 6) is 0.622. The largest absolute Gasteiger partial charge is 0.496 e. The number of hydrazone groups is 1. The second-order valence-corrected chi connectivity index (χ2v) is 10.4. The first kappa shape index (κ1) is 24.2. The van der Waals surface area contributed by atoms with Gasteiger partial charge in [0.2, 0.25) is 10.0 Å². The molecule has 0 spiro atoms. The quantitative estimate of drug-likeness (QED) is 0.480. The third kappa shape index (κ3) is 5.14. The van der Waals surface area contributed by atoms with Crippen molar-refractivity contribution in [2.24, 2.45) is 5.10 Å². The second kappa shape index (κ2) is 10.0. The Balaban J connectivity index is 1.75. The highest BCUT2D eigenvalue weighted by Crippen LogP contribution is 2.29. The first-order valence-corrected chi connectivity index (χ1v) is 12.3. The zero-order valence-electron chi connectivity index (χ0n) is 18.6. The van der Waals surface area contributed by atoms with Gasteiger partial charge in [0, 0.05) is 11.6 Å². The minimum atomic E-state index is -3.81. The second-order valence-electron chi connectivity index (χ2n) is 8.07. The van der Waals surface area contributed by atoms with Crippen LogP contribution in [0.2, 0.25) is 5.02 Å². The molecule has 1 N–H and O–H groups in total. The van der Waals surface area contributed by atoms with Crippen molar-refractivity contribution in [2.45, 2.75) is 50.5 Å². The Morgan fingerprint density at radius 1 is 1.28 bits per heavy atom. The zero-order chi connectivity index (χ0) is 23.5. The van der Waals surface area contributed by atoms with Gasteiger partial charge in [-0.2, -0.15) is 9.41 Å². The molecule has 1 heterocycles. The topological polar surface area (TPSA) is 88.1 Å². The number of nitrogens with one attached hydrogen (secondary N) is 1. The van der Waals surface area contributed by atoms with Crippen LogP contribution >= 0.6 is 11.6 Å². The fourth-order valence-electron chi connectivity index (χ4n) is 3.75. The van der Waals surface area contributed by atoms with Crippen LogP contribution in [0, 0.1) is 6.92 Å². The highest BCUT2D eigenvalue weighted by atomic mass is 35.5. The van der Waals surface area contributed by atoms with Gasteiger partial charge in [0.15, 0.2) is 0 Å². The van der Waals surface area contributed by atoms with Crippen molar-refractivity contribution in [3.8, 4) is 5.75 Å². The number of halogens is 1. The molecule has 1 saturated heterocycles. The number of rotatable bonds is 7. The van der Waals surface area contributed by atoms with Crippen LogP contribution in [-0.4, -0.2) is 44.5 Å². The molecule has 172 valence electrons. The van der Waals surface area contributed by atoms with Gasteiger partial charge in [-0.15, -0.1) is 0 Å². The number of ether oxygens (including phenoxy) is 1. The van der Waals surface area contributed by atoms with Gasteiger partial charge in [-0.25, -0.2) is 13.8 Å². The van der Waals surface area contributed by atoms with Gasteiger partial charge in [-0.05, 0) is 78.8 Å². The molecule has 32 heavy (non-hydrogen) atoms. The molecular formula is C23H28ClN3O4S. The summed E-state index contributed by atoms with van der Waals surface area (Å²) < 4.78 is 32.7. The van der Waals surface area contributed by atoms with Crippen LogP contribution in [0.15, 0.2) is 46.4 Å². The highest BCUT2D eigenvalue weighted by Gasteiger charge is 2.39. The molecule has 2 aromatic carbocycles. The van der Waals surface area contributed by atoms with E-state index in [2.05, 4.69) is 24.4 Å². The van der Waals surface area contributed by atoms with Crippen LogP contribution < -0.4 is 10.2 Å². The fraction of sp³-hybridized carbons (Fsp3) is 0.391. The molecule has 0 saturated carbocycles. The van der Waals surface area contributed by atoms with Crippen LogP contribution in [0.4, 0.5) is 0 Å². The fourth-order valence-corrected chi connectivity index (χ4v) is 5.54. The number of carbonyl (C=O) groups is 1. The zero-order valence-corrected chi connectivity index (χ0v) is 20.2. The molecule has 1 atom stereocenters. The molecule has 7 nitrogen and oxygen atoms in total. The van der Waals surface area contributed by atoms with Crippen LogP contribution in [0.5, 0.6) is 5.75 Å². The van der Waals surface area contributed by atoms with Crippen molar-refractivity contribution in [3.05, 3.63) is 58.1 Å². The highest BCUT2D eigenvalue weighted by molar-refractivity contribution is 7.89. The van der Waals surface area contributed by atoms with Gasteiger partial charge in [0.25, 0.3) is 5.91 Å². The summed E-state index contributed by atoms with van der Waals surface area (Å²) in [6.07, 6.45) is 2.61. The lowest BCUT2D eigenvalue weighted by molar-refractivity contribution is -0.124. The van der Waals surface area contributed by atoms with Crippen LogP contribution in [0.25, 0.3) is 0 Å². The van der Waals surface area contributed by atoms with Crippen molar-refractivity contribution < 1.29 is 17.9 Å². The van der Waals surface area contributed by atoms with Crippen molar-refractivity contribution in [3.63, 3.8) is 0 Å². The van der Waals surface area contributed by atoms with E-state index in [4.69, 9.17) is 16.3 Å². The maximum Gasteiger partial charge on any atom is 0.258 e. The Morgan fingerprint density at radius 3 is 2.59 bits per heavy atom. The third-order valence-corrected chi connectivity index (χ3v) is 7.72. The molecule has 0 unspecified atom stereocenters. The van der Waals surface area contributed by atoms with Gasteiger partial charge in [-0.1, -0.05) is 25.4 Å². The molecule has 2 aromatic rings. The van der Waals surface area contributed by atoms with E-state index < -0.39 is 22.0 Å². The summed E-state index contributed by atoms with van der Waals surface area (Å²) >= 11 is 5.87. The van der Waals surface area contributed by atoms with Gasteiger partial charge >= 0.3 is 0 Å². The number of carbonyl (C=O) groups excluding carboxylic acids is 1. The lowest BCUT2D eigenvalue weighted by atomic mass is 9.97. The smallest absolute Gasteiger partial charge is 0.258 e. The SMILES string of the molecule is COc1cc(C)c(/C=N\NC(=O)[C@H]2CCCN2S(=O)(=O)c2ccc(Cl)cc2)cc1C(C)C. The van der Waals surface area contributed by atoms with Gasteiger partial charge in [0.1, 0.15) is 11.8 Å². The summed E-state index contributed by atoms with van der Waals surface area (Å²) in [7, 11) is -2.17. The van der Waals surface area contributed by atoms with E-state index in [0.29, 0.717) is 17.9 Å². The first-order valence-electron chi connectivity index (χ1n) is 10.4. The predicted molar refractivity (Wildman–Crippen MR) is 126 cm³/mol. The number of aryl methyl sites for hydroxylation is 1. The van der Waals surface area contributed by atoms with Gasteiger partial charge in [-0.3, -0.25) is 4.79 Å². The lowest BCUT2D eigenvalue weighted by Gasteiger charge is -2.22. The molecule has 0 radical (unpaired) electrons. The van der Waals surface area contributed by atoms with E-state index in [9.17, 15) is 13.2 Å². The molecule has 1 fully saturated rings. The molecule has 9 heteroatoms. The minimum absolute atomic E-state index is 0.111. The summed E-state index contributed by atoms with van der Waals surface area (Å²) in [5.41, 5.74) is 5.36. The lowest BCUT2D eigenvalue weighted by Crippen LogP contribution is -2.44. The number of amides is 1. The summed E-state index contributed by atoms with van der Waals surface area (Å²) in [6, 6.07) is 9.05. The third-order valence-electron chi connectivity index (χ3n) is 5.55. The molecule has 1 aliphatic heterocycles. The predicted octanol–water partition coefficient (Wildman–Crippen LogP) is 4.08. The molecule has 1 aliphatic rings. The molecule has 0 aromatic heterocycles. The van der Waals surface area contributed by atoms with E-state index >= 15 is 0 Å². The van der Waals surface area contributed by atoms with E-state index in [-0.39, 0.29) is 17.4 Å². The Morgan fingerprint density at radius 2 is 1.97 bits per heavy atom. The maximum absolute atomic E-state index is 13.0. The van der Waals surface area contributed by atoms with Crippen LogP contribution in [0.3, 0.4) is 0 Å². The summed E-state index contributed by atoms with van der Waals surface area (Å²) in [4.78, 5) is 12.9.